The summed E-state index contributed by atoms with van der Waals surface area (Å²) in [5.41, 5.74) is 7.38. The molecule has 1 aromatic heterocycles. The van der Waals surface area contributed by atoms with E-state index in [1.54, 1.807) is 42.0 Å². The maximum Gasteiger partial charge on any atom is 0.419 e. The highest BCUT2D eigenvalue weighted by atomic mass is 16.6. The first-order valence-corrected chi connectivity index (χ1v) is 11.1. The third kappa shape index (κ3) is 6.07. The van der Waals surface area contributed by atoms with Crippen molar-refractivity contribution in [3.63, 3.8) is 0 Å². The molecule has 2 atom stereocenters. The molecule has 1 aromatic carbocycles. The molecule has 1 aliphatic rings. The first-order chi connectivity index (χ1) is 15.6. The quantitative estimate of drug-likeness (QED) is 0.585. The average Bonchev–Trinajstić information content (AvgIpc) is 2.75. The van der Waals surface area contributed by atoms with Crippen molar-refractivity contribution >= 4 is 23.4 Å². The fourth-order valence-electron chi connectivity index (χ4n) is 4.00. The van der Waals surface area contributed by atoms with Crippen LogP contribution in [0.15, 0.2) is 42.7 Å². The van der Waals surface area contributed by atoms with Gasteiger partial charge in [-0.1, -0.05) is 6.07 Å². The van der Waals surface area contributed by atoms with E-state index in [1.807, 2.05) is 25.1 Å². The maximum absolute atomic E-state index is 13.1. The first-order valence-electron chi connectivity index (χ1n) is 11.1. The van der Waals surface area contributed by atoms with Crippen LogP contribution in [0, 0.1) is 0 Å². The number of fused-ring (bicyclic) bond motifs is 1. The van der Waals surface area contributed by atoms with Crippen LogP contribution in [0.1, 0.15) is 39.2 Å². The number of amides is 2. The Bertz CT molecular complexity index is 977. The van der Waals surface area contributed by atoms with Crippen molar-refractivity contribution in [2.45, 2.75) is 45.3 Å². The summed E-state index contributed by atoms with van der Waals surface area (Å²) in [6, 6.07) is 8.81. The summed E-state index contributed by atoms with van der Waals surface area (Å²) in [5.74, 6) is 0.204. The van der Waals surface area contributed by atoms with Gasteiger partial charge in [0.05, 0.1) is 29.2 Å². The molecular weight excluding hydrogens is 422 g/mol. The van der Waals surface area contributed by atoms with Gasteiger partial charge in [0.15, 0.2) is 5.75 Å². The lowest BCUT2D eigenvalue weighted by Gasteiger charge is -2.40. The number of nitrogens with one attached hydrogen (secondary N) is 1. The van der Waals surface area contributed by atoms with Gasteiger partial charge in [0.1, 0.15) is 0 Å². The van der Waals surface area contributed by atoms with Crippen molar-refractivity contribution in [3.8, 4) is 5.75 Å². The van der Waals surface area contributed by atoms with Gasteiger partial charge in [-0.3, -0.25) is 14.7 Å². The zero-order valence-electron chi connectivity index (χ0n) is 19.6. The highest BCUT2D eigenvalue weighted by Gasteiger charge is 2.35. The number of nitrogens with two attached hydrogens (primary N) is 1. The summed E-state index contributed by atoms with van der Waals surface area (Å²) >= 11 is 0. The highest BCUT2D eigenvalue weighted by Crippen LogP contribution is 2.38. The minimum absolute atomic E-state index is 0.0426. The lowest BCUT2D eigenvalue weighted by molar-refractivity contribution is -0.117. The van der Waals surface area contributed by atoms with Gasteiger partial charge in [0, 0.05) is 45.2 Å². The Morgan fingerprint density at radius 2 is 2.09 bits per heavy atom. The molecule has 9 nitrogen and oxygen atoms in total. The van der Waals surface area contributed by atoms with Crippen LogP contribution in [0.2, 0.25) is 0 Å². The number of aliphatic hydroxyl groups is 1. The van der Waals surface area contributed by atoms with Crippen LogP contribution in [-0.4, -0.2) is 59.9 Å². The Morgan fingerprint density at radius 1 is 1.33 bits per heavy atom. The number of carbonyl (C=O) groups is 2. The molecule has 0 aliphatic carbocycles. The van der Waals surface area contributed by atoms with Gasteiger partial charge in [-0.05, 0) is 50.6 Å². The average molecular weight is 456 g/mol. The number of pyridine rings is 1. The minimum atomic E-state index is -0.833. The second-order valence-corrected chi connectivity index (χ2v) is 9.03. The molecule has 2 heterocycles. The van der Waals surface area contributed by atoms with Crippen LogP contribution < -0.4 is 25.6 Å². The molecule has 0 saturated heterocycles. The van der Waals surface area contributed by atoms with Crippen molar-refractivity contribution in [2.75, 3.05) is 36.0 Å². The molecule has 0 radical (unpaired) electrons. The van der Waals surface area contributed by atoms with Crippen LogP contribution in [0.5, 0.6) is 5.75 Å². The molecule has 0 saturated carbocycles. The fraction of sp³-hybridized carbons (Fsp3) is 0.458. The first kappa shape index (κ1) is 24.6. The zero-order valence-corrected chi connectivity index (χ0v) is 19.6. The number of nitrogens with zero attached hydrogens (tertiary/aromatic N) is 3. The lowest BCUT2D eigenvalue weighted by Crippen LogP contribution is -2.52. The van der Waals surface area contributed by atoms with Gasteiger partial charge in [-0.2, -0.15) is 0 Å². The molecule has 9 heteroatoms. The van der Waals surface area contributed by atoms with E-state index < -0.39 is 11.7 Å². The van der Waals surface area contributed by atoms with Gasteiger partial charge in [0.25, 0.3) is 0 Å². The van der Waals surface area contributed by atoms with E-state index in [2.05, 4.69) is 10.3 Å². The minimum Gasteiger partial charge on any atom is -0.408 e. The van der Waals surface area contributed by atoms with E-state index in [1.165, 1.54) is 13.1 Å². The van der Waals surface area contributed by atoms with Gasteiger partial charge < -0.3 is 25.8 Å². The number of rotatable bonds is 7. The Balaban J connectivity index is 1.92. The van der Waals surface area contributed by atoms with E-state index in [9.17, 15) is 14.7 Å². The third-order valence-corrected chi connectivity index (χ3v) is 5.54. The molecule has 0 fully saturated rings. The number of anilines is 2. The number of hydrogen-bond donors (Lipinski definition) is 3. The molecule has 0 bridgehead atoms. The second-order valence-electron chi connectivity index (χ2n) is 9.03. The Morgan fingerprint density at radius 3 is 2.70 bits per heavy atom. The van der Waals surface area contributed by atoms with Crippen LogP contribution in [0.25, 0.3) is 0 Å². The SMILES string of the molecule is CC(=O)N1c2ccc(C(CN)CNCC(C)(C)O)cc2N(C(=O)Oc2cccnc2)C[C@@H]1C. The van der Waals surface area contributed by atoms with Crippen molar-refractivity contribution in [3.05, 3.63) is 48.3 Å². The summed E-state index contributed by atoms with van der Waals surface area (Å²) in [6.45, 7) is 8.54. The molecule has 2 aromatic rings. The predicted molar refractivity (Wildman–Crippen MR) is 128 cm³/mol. The largest absolute Gasteiger partial charge is 0.419 e. The van der Waals surface area contributed by atoms with Crippen molar-refractivity contribution in [1.82, 2.24) is 10.3 Å². The molecule has 1 aliphatic heterocycles. The molecule has 4 N–H and O–H groups in total. The number of ether oxygens (including phenoxy) is 1. The second kappa shape index (κ2) is 10.3. The van der Waals surface area contributed by atoms with E-state index in [0.717, 1.165) is 5.56 Å². The van der Waals surface area contributed by atoms with Crippen LogP contribution in [0.3, 0.4) is 0 Å². The van der Waals surface area contributed by atoms with Crippen molar-refractivity contribution < 1.29 is 19.4 Å². The Hall–Kier alpha value is -3.01. The van der Waals surface area contributed by atoms with E-state index in [0.29, 0.717) is 43.3 Å². The normalized spacial score (nSPS) is 16.8. The monoisotopic (exact) mass is 455 g/mol. The van der Waals surface area contributed by atoms with Gasteiger partial charge in [-0.15, -0.1) is 0 Å². The summed E-state index contributed by atoms with van der Waals surface area (Å²) in [6.07, 6.45) is 2.54. The summed E-state index contributed by atoms with van der Waals surface area (Å²) in [4.78, 5) is 32.7. The van der Waals surface area contributed by atoms with Crippen molar-refractivity contribution in [1.29, 1.82) is 0 Å². The zero-order chi connectivity index (χ0) is 24.2. The molecule has 2 amide bonds. The number of carbonyl (C=O) groups excluding carboxylic acids is 2. The standard InChI is InChI=1S/C24H33N5O4/c1-16-14-28(23(31)33-20-6-5-9-26-13-20)22-10-18(7-8-21(22)29(16)17(2)30)19(11-25)12-27-15-24(3,4)32/h5-10,13,16,19,27,32H,11-12,14-15,25H2,1-4H3/t16-,19?/m0/s1. The molecule has 3 rings (SSSR count). The van der Waals surface area contributed by atoms with Crippen LogP contribution in [0.4, 0.5) is 16.2 Å². The topological polar surface area (TPSA) is 121 Å². The lowest BCUT2D eigenvalue weighted by atomic mass is 9.95. The fourth-order valence-corrected chi connectivity index (χ4v) is 4.00. The van der Waals surface area contributed by atoms with E-state index in [-0.39, 0.29) is 17.9 Å². The van der Waals surface area contributed by atoms with Crippen LogP contribution in [-0.2, 0) is 4.79 Å². The Labute approximate surface area is 194 Å². The maximum atomic E-state index is 13.1. The van der Waals surface area contributed by atoms with Crippen LogP contribution >= 0.6 is 0 Å². The molecule has 178 valence electrons. The molecule has 1 unspecified atom stereocenters. The van der Waals surface area contributed by atoms with Crippen molar-refractivity contribution in [2.24, 2.45) is 5.73 Å². The smallest absolute Gasteiger partial charge is 0.408 e. The number of hydrogen-bond acceptors (Lipinski definition) is 7. The highest BCUT2D eigenvalue weighted by molar-refractivity contribution is 6.02. The summed E-state index contributed by atoms with van der Waals surface area (Å²) in [7, 11) is 0. The van der Waals surface area contributed by atoms with Gasteiger partial charge in [-0.25, -0.2) is 4.79 Å². The van der Waals surface area contributed by atoms with E-state index >= 15 is 0 Å². The summed E-state index contributed by atoms with van der Waals surface area (Å²) in [5, 5.41) is 13.2. The van der Waals surface area contributed by atoms with Gasteiger partial charge in [0.2, 0.25) is 5.91 Å². The molecule has 33 heavy (non-hydrogen) atoms. The van der Waals surface area contributed by atoms with Gasteiger partial charge >= 0.3 is 6.09 Å². The third-order valence-electron chi connectivity index (χ3n) is 5.54. The molecule has 0 spiro atoms. The molecular formula is C24H33N5O4. The predicted octanol–water partition coefficient (Wildman–Crippen LogP) is 2.24. The summed E-state index contributed by atoms with van der Waals surface area (Å²) < 4.78 is 5.54. The number of aromatic nitrogens is 1. The number of benzene rings is 1. The van der Waals surface area contributed by atoms with E-state index in [4.69, 9.17) is 10.5 Å². The Kier molecular flexibility index (Phi) is 7.68.